The first-order chi connectivity index (χ1) is 6.74. The molecule has 1 aliphatic carbocycles. The van der Waals surface area contributed by atoms with E-state index in [9.17, 15) is 4.79 Å². The Balaban J connectivity index is 2.23. The SMILES string of the molecule is CSC(=S)NNC(=O)C1CCCCC1. The molecule has 0 radical (unpaired) electrons. The summed E-state index contributed by atoms with van der Waals surface area (Å²) in [6.45, 7) is 0. The van der Waals surface area contributed by atoms with Crippen LogP contribution in [0.4, 0.5) is 0 Å². The normalized spacial score (nSPS) is 17.5. The summed E-state index contributed by atoms with van der Waals surface area (Å²) in [6.07, 6.45) is 7.51. The lowest BCUT2D eigenvalue weighted by Gasteiger charge is -2.20. The van der Waals surface area contributed by atoms with Crippen molar-refractivity contribution in [1.82, 2.24) is 10.9 Å². The highest BCUT2D eigenvalue weighted by Gasteiger charge is 2.20. The lowest BCUT2D eigenvalue weighted by Crippen LogP contribution is -2.43. The van der Waals surface area contributed by atoms with Gasteiger partial charge in [-0.3, -0.25) is 15.6 Å². The lowest BCUT2D eigenvalue weighted by atomic mass is 9.89. The Kier molecular flexibility index (Phi) is 5.25. The molecule has 0 aromatic carbocycles. The fourth-order valence-corrected chi connectivity index (χ4v) is 1.83. The summed E-state index contributed by atoms with van der Waals surface area (Å²) in [5, 5.41) is 0. The van der Waals surface area contributed by atoms with Crippen LogP contribution >= 0.6 is 24.0 Å². The van der Waals surface area contributed by atoms with Crippen molar-refractivity contribution < 1.29 is 4.79 Å². The molecule has 1 fully saturated rings. The van der Waals surface area contributed by atoms with Crippen LogP contribution in [-0.4, -0.2) is 16.5 Å². The van der Waals surface area contributed by atoms with Gasteiger partial charge in [0.15, 0.2) is 4.32 Å². The Bertz CT molecular complexity index is 215. The molecule has 0 heterocycles. The maximum Gasteiger partial charge on any atom is 0.241 e. The van der Waals surface area contributed by atoms with Crippen LogP contribution in [0.5, 0.6) is 0 Å². The summed E-state index contributed by atoms with van der Waals surface area (Å²) in [6, 6.07) is 0. The second-order valence-corrected chi connectivity index (χ2v) is 4.92. The van der Waals surface area contributed by atoms with Crippen molar-refractivity contribution >= 4 is 34.2 Å². The number of hydrazine groups is 1. The van der Waals surface area contributed by atoms with Crippen molar-refractivity contribution in [2.75, 3.05) is 6.26 Å². The Morgan fingerprint density at radius 2 is 1.93 bits per heavy atom. The van der Waals surface area contributed by atoms with Crippen LogP contribution in [0.25, 0.3) is 0 Å². The fraction of sp³-hybridized carbons (Fsp3) is 0.778. The van der Waals surface area contributed by atoms with Crippen LogP contribution in [0.1, 0.15) is 32.1 Å². The zero-order valence-corrected chi connectivity index (χ0v) is 9.97. The summed E-state index contributed by atoms with van der Waals surface area (Å²) >= 11 is 6.33. The highest BCUT2D eigenvalue weighted by atomic mass is 32.2. The molecular formula is C9H16N2OS2. The molecule has 80 valence electrons. The number of thiocarbonyl (C=S) groups is 1. The van der Waals surface area contributed by atoms with Crippen LogP contribution in [0, 0.1) is 5.92 Å². The molecule has 1 saturated carbocycles. The molecule has 1 aliphatic rings. The third-order valence-corrected chi connectivity index (χ3v) is 3.52. The molecule has 0 aromatic heterocycles. The maximum atomic E-state index is 11.6. The zero-order valence-electron chi connectivity index (χ0n) is 8.34. The summed E-state index contributed by atoms with van der Waals surface area (Å²) in [5.41, 5.74) is 5.38. The molecule has 3 nitrogen and oxygen atoms in total. The van der Waals surface area contributed by atoms with Gasteiger partial charge in [0.2, 0.25) is 5.91 Å². The molecule has 1 amide bonds. The molecule has 0 unspecified atom stereocenters. The van der Waals surface area contributed by atoms with Gasteiger partial charge in [-0.05, 0) is 19.1 Å². The Labute approximate surface area is 94.4 Å². The molecule has 0 aliphatic heterocycles. The summed E-state index contributed by atoms with van der Waals surface area (Å²) in [5.74, 6) is 0.266. The topological polar surface area (TPSA) is 41.1 Å². The van der Waals surface area contributed by atoms with E-state index in [1.165, 1.54) is 31.0 Å². The largest absolute Gasteiger partial charge is 0.283 e. The third kappa shape index (κ3) is 3.84. The molecule has 14 heavy (non-hydrogen) atoms. The van der Waals surface area contributed by atoms with E-state index >= 15 is 0 Å². The predicted molar refractivity (Wildman–Crippen MR) is 64.0 cm³/mol. The summed E-state index contributed by atoms with van der Waals surface area (Å²) in [4.78, 5) is 11.6. The average molecular weight is 232 g/mol. The van der Waals surface area contributed by atoms with Crippen LogP contribution in [0.3, 0.4) is 0 Å². The number of amides is 1. The number of carbonyl (C=O) groups is 1. The van der Waals surface area contributed by atoms with Gasteiger partial charge in [0.05, 0.1) is 0 Å². The van der Waals surface area contributed by atoms with Crippen LogP contribution in [-0.2, 0) is 4.79 Å². The molecule has 0 aromatic rings. The predicted octanol–water partition coefficient (Wildman–Crippen LogP) is 1.84. The van der Waals surface area contributed by atoms with Crippen molar-refractivity contribution in [2.24, 2.45) is 5.92 Å². The highest BCUT2D eigenvalue weighted by Crippen LogP contribution is 2.23. The first-order valence-electron chi connectivity index (χ1n) is 4.88. The van der Waals surface area contributed by atoms with Crippen molar-refractivity contribution in [3.63, 3.8) is 0 Å². The first kappa shape index (κ1) is 11.8. The molecule has 1 rings (SSSR count). The summed E-state index contributed by atoms with van der Waals surface area (Å²) in [7, 11) is 0. The Morgan fingerprint density at radius 3 is 2.50 bits per heavy atom. The van der Waals surface area contributed by atoms with Crippen molar-refractivity contribution in [3.8, 4) is 0 Å². The van der Waals surface area contributed by atoms with E-state index in [0.29, 0.717) is 4.32 Å². The smallest absolute Gasteiger partial charge is 0.241 e. The minimum absolute atomic E-state index is 0.0844. The van der Waals surface area contributed by atoms with Gasteiger partial charge in [-0.2, -0.15) is 0 Å². The van der Waals surface area contributed by atoms with Gasteiger partial charge in [-0.25, -0.2) is 0 Å². The first-order valence-corrected chi connectivity index (χ1v) is 6.51. The van der Waals surface area contributed by atoms with Gasteiger partial charge in [-0.15, -0.1) is 0 Å². The van der Waals surface area contributed by atoms with Gasteiger partial charge < -0.3 is 0 Å². The Hall–Kier alpha value is -0.290. The highest BCUT2D eigenvalue weighted by molar-refractivity contribution is 8.22. The molecule has 0 spiro atoms. The number of thioether (sulfide) groups is 1. The molecule has 0 saturated heterocycles. The third-order valence-electron chi connectivity index (χ3n) is 2.45. The van der Waals surface area contributed by atoms with Crippen molar-refractivity contribution in [2.45, 2.75) is 32.1 Å². The zero-order chi connectivity index (χ0) is 10.4. The quantitative estimate of drug-likeness (QED) is 0.534. The molecular weight excluding hydrogens is 216 g/mol. The van der Waals surface area contributed by atoms with Crippen LogP contribution < -0.4 is 10.9 Å². The second-order valence-electron chi connectivity index (χ2n) is 3.44. The van der Waals surface area contributed by atoms with Gasteiger partial charge in [0.25, 0.3) is 0 Å². The van der Waals surface area contributed by atoms with E-state index in [-0.39, 0.29) is 11.8 Å². The van der Waals surface area contributed by atoms with Crippen LogP contribution in [0.2, 0.25) is 0 Å². The average Bonchev–Trinajstić information content (AvgIpc) is 2.26. The van der Waals surface area contributed by atoms with E-state index in [0.717, 1.165) is 12.8 Å². The number of hydrogen-bond acceptors (Lipinski definition) is 3. The number of carbonyl (C=O) groups excluding carboxylic acids is 1. The van der Waals surface area contributed by atoms with Gasteiger partial charge in [0, 0.05) is 5.92 Å². The minimum atomic E-state index is 0.0844. The van der Waals surface area contributed by atoms with Crippen molar-refractivity contribution in [1.29, 1.82) is 0 Å². The van der Waals surface area contributed by atoms with Gasteiger partial charge in [0.1, 0.15) is 0 Å². The number of hydrogen-bond donors (Lipinski definition) is 2. The van der Waals surface area contributed by atoms with E-state index in [4.69, 9.17) is 12.2 Å². The second kappa shape index (κ2) is 6.24. The minimum Gasteiger partial charge on any atom is -0.283 e. The van der Waals surface area contributed by atoms with Crippen molar-refractivity contribution in [3.05, 3.63) is 0 Å². The molecule has 0 bridgehead atoms. The summed E-state index contributed by atoms with van der Waals surface area (Å²) < 4.78 is 0.606. The van der Waals surface area contributed by atoms with Gasteiger partial charge in [-0.1, -0.05) is 43.2 Å². The van der Waals surface area contributed by atoms with E-state index in [2.05, 4.69) is 10.9 Å². The monoisotopic (exact) mass is 232 g/mol. The Morgan fingerprint density at radius 1 is 1.29 bits per heavy atom. The molecule has 2 N–H and O–H groups in total. The fourth-order valence-electron chi connectivity index (χ4n) is 1.63. The van der Waals surface area contributed by atoms with E-state index in [1.807, 2.05) is 6.26 Å². The van der Waals surface area contributed by atoms with Gasteiger partial charge >= 0.3 is 0 Å². The molecule has 0 atom stereocenters. The lowest BCUT2D eigenvalue weighted by molar-refractivity contribution is -0.126. The van der Waals surface area contributed by atoms with E-state index in [1.54, 1.807) is 0 Å². The maximum absolute atomic E-state index is 11.6. The van der Waals surface area contributed by atoms with Crippen LogP contribution in [0.15, 0.2) is 0 Å². The standard InChI is InChI=1S/C9H16N2OS2/c1-14-9(13)11-10-8(12)7-5-3-2-4-6-7/h7H,2-6H2,1H3,(H,10,12)(H,11,13). The number of rotatable bonds is 1. The van der Waals surface area contributed by atoms with E-state index < -0.39 is 0 Å². The molecule has 5 heteroatoms. The number of nitrogens with one attached hydrogen (secondary N) is 2.